The van der Waals surface area contributed by atoms with Gasteiger partial charge in [0.05, 0.1) is 5.92 Å². The van der Waals surface area contributed by atoms with Gasteiger partial charge in [0.1, 0.15) is 10.2 Å². The van der Waals surface area contributed by atoms with Gasteiger partial charge in [0.25, 0.3) is 5.91 Å². The fraction of sp³-hybridized carbons (Fsp3) is 0.700. The number of fused-ring (bicyclic) bond motifs is 1. The number of hydrogen-bond donors (Lipinski definition) is 0. The summed E-state index contributed by atoms with van der Waals surface area (Å²) in [5.74, 6) is -0.613. The fourth-order valence-electron chi connectivity index (χ4n) is 1.68. The minimum Gasteiger partial charge on any atom is -0.443 e. The first-order valence-corrected chi connectivity index (χ1v) is 6.02. The van der Waals surface area contributed by atoms with Crippen LogP contribution in [0, 0.1) is 5.92 Å². The van der Waals surface area contributed by atoms with Crippen LogP contribution in [0.25, 0.3) is 0 Å². The topological polar surface area (TPSA) is 68.2 Å². The molecule has 1 fully saturated rings. The first-order valence-electron chi connectivity index (χ1n) is 5.23. The first-order chi connectivity index (χ1) is 7.79. The Labute approximate surface area is 107 Å². The third-order valence-electron chi connectivity index (χ3n) is 2.43. The molecule has 2 heterocycles. The summed E-state index contributed by atoms with van der Waals surface area (Å²) in [5, 5.41) is 3.67. The van der Waals surface area contributed by atoms with Crippen LogP contribution in [0.5, 0.6) is 0 Å². The molecule has 17 heavy (non-hydrogen) atoms. The maximum atomic E-state index is 11.9. The van der Waals surface area contributed by atoms with Gasteiger partial charge >= 0.3 is 6.09 Å². The van der Waals surface area contributed by atoms with Crippen LogP contribution in [0.2, 0.25) is 0 Å². The molecule has 2 atom stereocenters. The van der Waals surface area contributed by atoms with Crippen LogP contribution in [-0.2, 0) is 14.4 Å². The van der Waals surface area contributed by atoms with E-state index in [1.807, 2.05) is 0 Å². The Balaban J connectivity index is 2.08. The molecule has 0 radical (unpaired) electrons. The van der Waals surface area contributed by atoms with Crippen LogP contribution in [0.1, 0.15) is 20.8 Å². The average Bonchev–Trinajstić information content (AvgIpc) is 2.67. The van der Waals surface area contributed by atoms with Crippen LogP contribution < -0.4 is 0 Å². The Bertz CT molecular complexity index is 402. The number of halogens is 1. The van der Waals surface area contributed by atoms with Crippen molar-refractivity contribution in [2.45, 2.75) is 32.5 Å². The zero-order valence-electron chi connectivity index (χ0n) is 9.77. The molecular formula is C10H13BrN2O4. The van der Waals surface area contributed by atoms with Crippen molar-refractivity contribution in [1.82, 2.24) is 4.90 Å². The average molecular weight is 305 g/mol. The number of carbonyl (C=O) groups excluding carboxylic acids is 2. The highest BCUT2D eigenvalue weighted by atomic mass is 79.9. The number of carbonyl (C=O) groups is 2. The third kappa shape index (κ3) is 2.29. The maximum absolute atomic E-state index is 11.9. The van der Waals surface area contributed by atoms with Gasteiger partial charge in [-0.05, 0) is 36.7 Å². The van der Waals surface area contributed by atoms with E-state index in [0.717, 1.165) is 4.90 Å². The SMILES string of the molecule is CC(C)(C)OC(=O)N1CC2C(Br)=NOC2C1=O. The number of hydrogen-bond acceptors (Lipinski definition) is 5. The number of ether oxygens (including phenoxy) is 1. The van der Waals surface area contributed by atoms with Gasteiger partial charge in [0, 0.05) is 6.54 Å². The molecule has 0 aromatic heterocycles. The van der Waals surface area contributed by atoms with Crippen LogP contribution in [0.15, 0.2) is 5.16 Å². The minimum atomic E-state index is -0.697. The molecule has 1 saturated heterocycles. The predicted octanol–water partition coefficient (Wildman–Crippen LogP) is 1.49. The van der Waals surface area contributed by atoms with Crippen molar-refractivity contribution < 1.29 is 19.2 Å². The van der Waals surface area contributed by atoms with E-state index in [0.29, 0.717) is 4.62 Å². The van der Waals surface area contributed by atoms with Crippen molar-refractivity contribution in [3.05, 3.63) is 0 Å². The van der Waals surface area contributed by atoms with E-state index in [2.05, 4.69) is 21.1 Å². The third-order valence-corrected chi connectivity index (χ3v) is 3.16. The van der Waals surface area contributed by atoms with Crippen LogP contribution in [0.4, 0.5) is 4.79 Å². The molecule has 0 N–H and O–H groups in total. The second-order valence-corrected chi connectivity index (χ2v) is 5.79. The highest BCUT2D eigenvalue weighted by molar-refractivity contribution is 9.18. The summed E-state index contributed by atoms with van der Waals surface area (Å²) in [6.07, 6.45) is -1.34. The Morgan fingerprint density at radius 1 is 1.59 bits per heavy atom. The second-order valence-electron chi connectivity index (χ2n) is 4.98. The summed E-state index contributed by atoms with van der Waals surface area (Å²) in [6, 6.07) is 0. The van der Waals surface area contributed by atoms with E-state index >= 15 is 0 Å². The molecule has 6 nitrogen and oxygen atoms in total. The monoisotopic (exact) mass is 304 g/mol. The number of amides is 2. The lowest BCUT2D eigenvalue weighted by molar-refractivity contribution is -0.136. The lowest BCUT2D eigenvalue weighted by atomic mass is 10.1. The quantitative estimate of drug-likeness (QED) is 0.680. The maximum Gasteiger partial charge on any atom is 0.417 e. The second kappa shape index (κ2) is 3.97. The van der Waals surface area contributed by atoms with E-state index in [1.54, 1.807) is 20.8 Å². The van der Waals surface area contributed by atoms with Gasteiger partial charge in [-0.1, -0.05) is 5.16 Å². The number of oxime groups is 1. The summed E-state index contributed by atoms with van der Waals surface area (Å²) in [5.41, 5.74) is -0.624. The minimum absolute atomic E-state index is 0.213. The number of likely N-dealkylation sites (tertiary alicyclic amines) is 1. The standard InChI is InChI=1S/C10H13BrN2O4/c1-10(2,3)16-9(15)13-4-5-6(8(13)14)17-12-7(5)11/h5-6H,4H2,1-3H3. The van der Waals surface area contributed by atoms with Crippen molar-refractivity contribution in [2.75, 3.05) is 6.54 Å². The summed E-state index contributed by atoms with van der Waals surface area (Å²) in [7, 11) is 0. The van der Waals surface area contributed by atoms with Crippen LogP contribution in [0.3, 0.4) is 0 Å². The largest absolute Gasteiger partial charge is 0.443 e. The Hall–Kier alpha value is -1.11. The lowest BCUT2D eigenvalue weighted by Crippen LogP contribution is -2.39. The molecule has 0 aliphatic carbocycles. The van der Waals surface area contributed by atoms with Gasteiger partial charge in [0.2, 0.25) is 6.10 Å². The van der Waals surface area contributed by atoms with Crippen molar-refractivity contribution in [2.24, 2.45) is 11.1 Å². The molecular weight excluding hydrogens is 292 g/mol. The van der Waals surface area contributed by atoms with Gasteiger partial charge in [-0.3, -0.25) is 4.79 Å². The molecule has 2 unspecified atom stereocenters. The van der Waals surface area contributed by atoms with E-state index in [1.165, 1.54) is 0 Å². The number of nitrogens with zero attached hydrogens (tertiary/aromatic N) is 2. The molecule has 0 saturated carbocycles. The molecule has 2 amide bonds. The zero-order chi connectivity index (χ0) is 12.8. The summed E-state index contributed by atoms with van der Waals surface area (Å²) >= 11 is 3.20. The van der Waals surface area contributed by atoms with Crippen molar-refractivity contribution in [3.8, 4) is 0 Å². The highest BCUT2D eigenvalue weighted by Crippen LogP contribution is 2.31. The summed E-state index contributed by atoms with van der Waals surface area (Å²) < 4.78 is 5.71. The molecule has 2 aliphatic heterocycles. The molecule has 0 bridgehead atoms. The van der Waals surface area contributed by atoms with E-state index in [4.69, 9.17) is 9.57 Å². The predicted molar refractivity (Wildman–Crippen MR) is 62.7 cm³/mol. The smallest absolute Gasteiger partial charge is 0.417 e. The van der Waals surface area contributed by atoms with Gasteiger partial charge < -0.3 is 9.57 Å². The molecule has 94 valence electrons. The van der Waals surface area contributed by atoms with Crippen molar-refractivity contribution in [1.29, 1.82) is 0 Å². The molecule has 0 aromatic carbocycles. The van der Waals surface area contributed by atoms with Gasteiger partial charge in [-0.15, -0.1) is 0 Å². The summed E-state index contributed by atoms with van der Waals surface area (Å²) in [6.45, 7) is 5.49. The zero-order valence-corrected chi connectivity index (χ0v) is 11.4. The Kier molecular flexibility index (Phi) is 2.89. The molecule has 2 rings (SSSR count). The van der Waals surface area contributed by atoms with E-state index < -0.39 is 23.7 Å². The first kappa shape index (κ1) is 12.3. The normalized spacial score (nSPS) is 27.6. The number of rotatable bonds is 0. The molecule has 7 heteroatoms. The van der Waals surface area contributed by atoms with E-state index in [9.17, 15) is 9.59 Å². The summed E-state index contributed by atoms with van der Waals surface area (Å²) in [4.78, 5) is 29.7. The van der Waals surface area contributed by atoms with Gasteiger partial charge in [0.15, 0.2) is 0 Å². The van der Waals surface area contributed by atoms with E-state index in [-0.39, 0.29) is 12.5 Å². The van der Waals surface area contributed by atoms with Crippen molar-refractivity contribution in [3.63, 3.8) is 0 Å². The van der Waals surface area contributed by atoms with Crippen molar-refractivity contribution >= 4 is 32.6 Å². The molecule has 0 spiro atoms. The Morgan fingerprint density at radius 3 is 2.76 bits per heavy atom. The molecule has 2 aliphatic rings. The number of imide groups is 1. The van der Waals surface area contributed by atoms with Gasteiger partial charge in [-0.2, -0.15) is 0 Å². The van der Waals surface area contributed by atoms with Crippen LogP contribution >= 0.6 is 15.9 Å². The lowest BCUT2D eigenvalue weighted by Gasteiger charge is -2.23. The Morgan fingerprint density at radius 2 is 2.24 bits per heavy atom. The molecule has 0 aromatic rings. The highest BCUT2D eigenvalue weighted by Gasteiger charge is 2.51. The van der Waals surface area contributed by atoms with Gasteiger partial charge in [-0.25, -0.2) is 9.69 Å². The van der Waals surface area contributed by atoms with Crippen LogP contribution in [-0.4, -0.2) is 39.8 Å². The fourth-order valence-corrected chi connectivity index (χ4v) is 2.15.